The summed E-state index contributed by atoms with van der Waals surface area (Å²) in [5.74, 6) is -9.92. The number of imidazole rings is 1. The van der Waals surface area contributed by atoms with E-state index in [9.17, 15) is 22.0 Å². The maximum absolute atomic E-state index is 13.2. The van der Waals surface area contributed by atoms with E-state index in [4.69, 9.17) is 0 Å². The summed E-state index contributed by atoms with van der Waals surface area (Å²) in [5, 5.41) is 0. The second-order valence-electron chi connectivity index (χ2n) is 2.91. The highest BCUT2D eigenvalue weighted by Crippen LogP contribution is 2.29. The molecule has 0 aliphatic carbocycles. The van der Waals surface area contributed by atoms with Crippen molar-refractivity contribution in [2.75, 3.05) is 0 Å². The van der Waals surface area contributed by atoms with Crippen LogP contribution in [0.5, 0.6) is 0 Å². The van der Waals surface area contributed by atoms with Crippen molar-refractivity contribution in [1.82, 2.24) is 9.97 Å². The maximum atomic E-state index is 13.2. The number of aromatic amines is 1. The normalized spacial score (nSPS) is 10.8. The molecule has 0 aliphatic heterocycles. The van der Waals surface area contributed by atoms with E-state index in [-0.39, 0.29) is 5.69 Å². The highest BCUT2D eigenvalue weighted by Gasteiger charge is 2.26. The van der Waals surface area contributed by atoms with Gasteiger partial charge in [0.15, 0.2) is 23.3 Å². The number of nitrogens with zero attached hydrogens (tertiary/aromatic N) is 1. The smallest absolute Gasteiger partial charge is 0.200 e. The number of aromatic nitrogens is 2. The number of nitrogens with one attached hydrogen (secondary N) is 1. The predicted octanol–water partition coefficient (Wildman–Crippen LogP) is 2.77. The van der Waals surface area contributed by atoms with Crippen molar-refractivity contribution >= 4 is 0 Å². The Labute approximate surface area is 85.7 Å². The van der Waals surface area contributed by atoms with Crippen LogP contribution in [0, 0.1) is 29.1 Å². The van der Waals surface area contributed by atoms with Crippen LogP contribution in [-0.4, -0.2) is 9.97 Å². The van der Waals surface area contributed by atoms with Crippen molar-refractivity contribution in [2.24, 2.45) is 0 Å². The van der Waals surface area contributed by atoms with Crippen LogP contribution in [0.3, 0.4) is 0 Å². The monoisotopic (exact) mass is 234 g/mol. The number of H-pyrrole nitrogens is 1. The lowest BCUT2D eigenvalue weighted by molar-refractivity contribution is 0.381. The molecule has 1 heterocycles. The molecule has 1 N–H and O–H groups in total. The Hall–Kier alpha value is -1.92. The fourth-order valence-electron chi connectivity index (χ4n) is 1.23. The molecule has 0 spiro atoms. The van der Waals surface area contributed by atoms with Crippen LogP contribution in [0.1, 0.15) is 0 Å². The largest absolute Gasteiger partial charge is 0.344 e. The molecule has 0 radical (unpaired) electrons. The summed E-state index contributed by atoms with van der Waals surface area (Å²) < 4.78 is 64.7. The fraction of sp³-hybridized carbons (Fsp3) is 0. The summed E-state index contributed by atoms with van der Waals surface area (Å²) in [7, 11) is 0. The van der Waals surface area contributed by atoms with E-state index in [1.165, 1.54) is 0 Å². The average Bonchev–Trinajstić information content (AvgIpc) is 2.77. The van der Waals surface area contributed by atoms with E-state index in [1.54, 1.807) is 0 Å². The van der Waals surface area contributed by atoms with Crippen LogP contribution in [-0.2, 0) is 0 Å². The van der Waals surface area contributed by atoms with Gasteiger partial charge in [-0.15, -0.1) is 0 Å². The first kappa shape index (κ1) is 10.6. The van der Waals surface area contributed by atoms with Crippen molar-refractivity contribution in [1.29, 1.82) is 0 Å². The Balaban J connectivity index is 2.81. The number of hydrogen-bond acceptors (Lipinski definition) is 1. The quantitative estimate of drug-likeness (QED) is 0.458. The van der Waals surface area contributed by atoms with Gasteiger partial charge in [0.05, 0.1) is 23.8 Å². The minimum absolute atomic E-state index is 0.284. The molecular formula is C9H3F5N2. The fourth-order valence-corrected chi connectivity index (χ4v) is 1.23. The number of halogens is 5. The van der Waals surface area contributed by atoms with Gasteiger partial charge in [0.25, 0.3) is 0 Å². The standard InChI is InChI=1S/C9H3F5N2/c10-5-4(3-1-15-2-16-3)6(11)8(13)9(14)7(5)12/h1-2H,(H,15,16). The van der Waals surface area contributed by atoms with E-state index >= 15 is 0 Å². The van der Waals surface area contributed by atoms with E-state index in [0.29, 0.717) is 0 Å². The molecule has 2 aromatic rings. The third kappa shape index (κ3) is 1.36. The summed E-state index contributed by atoms with van der Waals surface area (Å²) in [5.41, 5.74) is -1.30. The van der Waals surface area contributed by atoms with Gasteiger partial charge in [-0.1, -0.05) is 0 Å². The van der Waals surface area contributed by atoms with E-state index in [2.05, 4.69) is 9.97 Å². The van der Waals surface area contributed by atoms with Gasteiger partial charge in [-0.2, -0.15) is 0 Å². The van der Waals surface area contributed by atoms with Crippen LogP contribution in [0.2, 0.25) is 0 Å². The van der Waals surface area contributed by atoms with E-state index in [1.807, 2.05) is 0 Å². The summed E-state index contributed by atoms with van der Waals surface area (Å²) >= 11 is 0. The maximum Gasteiger partial charge on any atom is 0.200 e. The molecule has 16 heavy (non-hydrogen) atoms. The lowest BCUT2D eigenvalue weighted by Gasteiger charge is -2.05. The molecule has 1 aromatic carbocycles. The Morgan fingerprint density at radius 3 is 1.75 bits per heavy atom. The Morgan fingerprint density at radius 1 is 0.812 bits per heavy atom. The highest BCUT2D eigenvalue weighted by molar-refractivity contribution is 5.60. The number of hydrogen-bond donors (Lipinski definition) is 1. The van der Waals surface area contributed by atoms with Gasteiger partial charge in [-0.05, 0) is 0 Å². The van der Waals surface area contributed by atoms with Gasteiger partial charge in [-0.3, -0.25) is 0 Å². The third-order valence-corrected chi connectivity index (χ3v) is 1.98. The lowest BCUT2D eigenvalue weighted by Crippen LogP contribution is -2.04. The molecule has 7 heteroatoms. The van der Waals surface area contributed by atoms with Gasteiger partial charge < -0.3 is 4.98 Å². The molecule has 0 aliphatic rings. The Morgan fingerprint density at radius 2 is 1.31 bits per heavy atom. The summed E-state index contributed by atoms with van der Waals surface area (Å²) in [4.78, 5) is 5.70. The van der Waals surface area contributed by atoms with Gasteiger partial charge in [-0.25, -0.2) is 26.9 Å². The molecule has 0 fully saturated rings. The first-order valence-electron chi connectivity index (χ1n) is 4.04. The van der Waals surface area contributed by atoms with Crippen LogP contribution in [0.4, 0.5) is 22.0 Å². The molecule has 2 nitrogen and oxygen atoms in total. The summed E-state index contributed by atoms with van der Waals surface area (Å²) in [6.45, 7) is 0. The number of rotatable bonds is 1. The van der Waals surface area contributed by atoms with Crippen LogP contribution >= 0.6 is 0 Å². The van der Waals surface area contributed by atoms with Crippen LogP contribution in [0.25, 0.3) is 11.3 Å². The second-order valence-corrected chi connectivity index (χ2v) is 2.91. The molecule has 2 rings (SSSR count). The zero-order valence-corrected chi connectivity index (χ0v) is 7.49. The number of benzene rings is 1. The molecular weight excluding hydrogens is 231 g/mol. The zero-order valence-electron chi connectivity index (χ0n) is 7.49. The third-order valence-electron chi connectivity index (χ3n) is 1.98. The van der Waals surface area contributed by atoms with Crippen molar-refractivity contribution in [3.8, 4) is 11.3 Å². The predicted molar refractivity (Wildman–Crippen MR) is 43.8 cm³/mol. The van der Waals surface area contributed by atoms with Crippen molar-refractivity contribution in [3.05, 3.63) is 41.6 Å². The Kier molecular flexibility index (Phi) is 2.37. The molecule has 0 atom stereocenters. The zero-order chi connectivity index (χ0) is 11.9. The minimum Gasteiger partial charge on any atom is -0.344 e. The Bertz CT molecular complexity index is 506. The molecule has 84 valence electrons. The van der Waals surface area contributed by atoms with Crippen molar-refractivity contribution < 1.29 is 22.0 Å². The van der Waals surface area contributed by atoms with Crippen molar-refractivity contribution in [3.63, 3.8) is 0 Å². The van der Waals surface area contributed by atoms with Crippen LogP contribution < -0.4 is 0 Å². The van der Waals surface area contributed by atoms with E-state index in [0.717, 1.165) is 12.5 Å². The molecule has 0 unspecified atom stereocenters. The molecule has 0 saturated heterocycles. The summed E-state index contributed by atoms with van der Waals surface area (Å²) in [6.07, 6.45) is 2.02. The molecule has 0 bridgehead atoms. The van der Waals surface area contributed by atoms with Crippen molar-refractivity contribution in [2.45, 2.75) is 0 Å². The van der Waals surface area contributed by atoms with Gasteiger partial charge in [0.1, 0.15) is 0 Å². The average molecular weight is 234 g/mol. The highest BCUT2D eigenvalue weighted by atomic mass is 19.2. The molecule has 0 saturated carbocycles. The van der Waals surface area contributed by atoms with E-state index < -0.39 is 34.6 Å². The molecule has 0 amide bonds. The topological polar surface area (TPSA) is 28.7 Å². The molecule has 1 aromatic heterocycles. The van der Waals surface area contributed by atoms with Gasteiger partial charge in [0, 0.05) is 0 Å². The van der Waals surface area contributed by atoms with Gasteiger partial charge >= 0.3 is 0 Å². The first-order valence-corrected chi connectivity index (χ1v) is 4.04. The second kappa shape index (κ2) is 3.58. The van der Waals surface area contributed by atoms with Crippen LogP contribution in [0.15, 0.2) is 12.5 Å². The first-order chi connectivity index (χ1) is 7.54. The summed E-state index contributed by atoms with van der Waals surface area (Å²) in [6, 6.07) is 0. The lowest BCUT2D eigenvalue weighted by atomic mass is 10.1. The van der Waals surface area contributed by atoms with Gasteiger partial charge in [0.2, 0.25) is 5.82 Å². The SMILES string of the molecule is Fc1c(F)c(F)c(-c2cnc[nH]2)c(F)c1F. The minimum atomic E-state index is -2.18.